The number of rotatable bonds is 4. The molecular weight excluding hydrogens is 282 g/mol. The summed E-state index contributed by atoms with van der Waals surface area (Å²) in [5.74, 6) is 1.84. The number of carbonyl (C=O) groups is 1. The number of likely N-dealkylation sites (tertiary alicyclic amines) is 1. The lowest BCUT2D eigenvalue weighted by molar-refractivity contribution is -0.132. The molecule has 0 aromatic carbocycles. The van der Waals surface area contributed by atoms with Crippen LogP contribution in [-0.4, -0.2) is 55.2 Å². The van der Waals surface area contributed by atoms with E-state index in [-0.39, 0.29) is 11.9 Å². The summed E-state index contributed by atoms with van der Waals surface area (Å²) >= 11 is 0. The van der Waals surface area contributed by atoms with Gasteiger partial charge in [-0.25, -0.2) is 0 Å². The van der Waals surface area contributed by atoms with Gasteiger partial charge < -0.3 is 20.1 Å². The molecule has 1 aliphatic rings. The van der Waals surface area contributed by atoms with Crippen LogP contribution in [0.25, 0.3) is 0 Å². The van der Waals surface area contributed by atoms with Gasteiger partial charge in [-0.2, -0.15) is 0 Å². The SMILES string of the molecule is CN=C(NCCc1c(C)noc1C)NC1CCC(=O)N(C)C1. The predicted octanol–water partition coefficient (Wildman–Crippen LogP) is 0.620. The Bertz CT molecular complexity index is 533. The molecule has 1 saturated heterocycles. The number of guanidine groups is 1. The van der Waals surface area contributed by atoms with Crippen molar-refractivity contribution in [1.29, 1.82) is 0 Å². The number of hydrogen-bond acceptors (Lipinski definition) is 4. The number of aryl methyl sites for hydroxylation is 2. The molecule has 0 aliphatic carbocycles. The summed E-state index contributed by atoms with van der Waals surface area (Å²) in [7, 11) is 3.59. The van der Waals surface area contributed by atoms with Crippen LogP contribution in [0, 0.1) is 13.8 Å². The maximum absolute atomic E-state index is 11.5. The normalized spacial score (nSPS) is 19.5. The van der Waals surface area contributed by atoms with Gasteiger partial charge in [0.2, 0.25) is 5.91 Å². The summed E-state index contributed by atoms with van der Waals surface area (Å²) in [6.45, 7) is 5.35. The first kappa shape index (κ1) is 16.3. The number of hydrogen-bond donors (Lipinski definition) is 2. The van der Waals surface area contributed by atoms with Crippen molar-refractivity contribution in [2.75, 3.05) is 27.2 Å². The smallest absolute Gasteiger partial charge is 0.222 e. The lowest BCUT2D eigenvalue weighted by atomic mass is 10.1. The van der Waals surface area contributed by atoms with Gasteiger partial charge >= 0.3 is 0 Å². The molecule has 1 atom stereocenters. The van der Waals surface area contributed by atoms with Crippen LogP contribution in [0.3, 0.4) is 0 Å². The van der Waals surface area contributed by atoms with Gasteiger partial charge in [0.05, 0.1) is 5.69 Å². The van der Waals surface area contributed by atoms with Crippen molar-refractivity contribution < 1.29 is 9.32 Å². The fourth-order valence-electron chi connectivity index (χ4n) is 2.68. The number of nitrogens with zero attached hydrogens (tertiary/aromatic N) is 3. The molecule has 7 heteroatoms. The zero-order chi connectivity index (χ0) is 16.1. The highest BCUT2D eigenvalue weighted by Crippen LogP contribution is 2.12. The molecule has 0 bridgehead atoms. The van der Waals surface area contributed by atoms with Crippen LogP contribution >= 0.6 is 0 Å². The lowest BCUT2D eigenvalue weighted by Crippen LogP contribution is -2.51. The molecule has 1 aromatic rings. The molecule has 7 nitrogen and oxygen atoms in total. The molecule has 1 aliphatic heterocycles. The topological polar surface area (TPSA) is 82.8 Å². The van der Waals surface area contributed by atoms with E-state index in [1.165, 1.54) is 0 Å². The Kier molecular flexibility index (Phi) is 5.41. The third-order valence-electron chi connectivity index (χ3n) is 4.04. The van der Waals surface area contributed by atoms with Gasteiger partial charge in [0.1, 0.15) is 5.76 Å². The highest BCUT2D eigenvalue weighted by atomic mass is 16.5. The highest BCUT2D eigenvalue weighted by molar-refractivity contribution is 5.81. The van der Waals surface area contributed by atoms with Crippen molar-refractivity contribution in [2.24, 2.45) is 4.99 Å². The van der Waals surface area contributed by atoms with Crippen molar-refractivity contribution in [3.8, 4) is 0 Å². The van der Waals surface area contributed by atoms with Crippen LogP contribution in [0.5, 0.6) is 0 Å². The quantitative estimate of drug-likeness (QED) is 0.629. The van der Waals surface area contributed by atoms with Crippen molar-refractivity contribution in [1.82, 2.24) is 20.7 Å². The average Bonchev–Trinajstić information content (AvgIpc) is 2.81. The minimum absolute atomic E-state index is 0.208. The Morgan fingerprint density at radius 3 is 2.86 bits per heavy atom. The van der Waals surface area contributed by atoms with Gasteiger partial charge in [0.25, 0.3) is 0 Å². The Hall–Kier alpha value is -2.05. The van der Waals surface area contributed by atoms with Gasteiger partial charge in [0, 0.05) is 45.2 Å². The number of likely N-dealkylation sites (N-methyl/N-ethyl adjacent to an activating group) is 1. The van der Waals surface area contributed by atoms with Crippen molar-refractivity contribution in [3.63, 3.8) is 0 Å². The fraction of sp³-hybridized carbons (Fsp3) is 0.667. The van der Waals surface area contributed by atoms with Crippen molar-refractivity contribution in [3.05, 3.63) is 17.0 Å². The van der Waals surface area contributed by atoms with E-state index >= 15 is 0 Å². The van der Waals surface area contributed by atoms with E-state index in [0.717, 1.165) is 42.4 Å². The number of piperidine rings is 1. The van der Waals surface area contributed by atoms with E-state index in [9.17, 15) is 4.79 Å². The first-order valence-electron chi connectivity index (χ1n) is 7.64. The van der Waals surface area contributed by atoms with Crippen molar-refractivity contribution in [2.45, 2.75) is 39.2 Å². The van der Waals surface area contributed by atoms with Crippen LogP contribution in [-0.2, 0) is 11.2 Å². The summed E-state index contributed by atoms with van der Waals surface area (Å²) in [6.07, 6.45) is 2.27. The molecule has 2 heterocycles. The third kappa shape index (κ3) is 3.99. The molecule has 122 valence electrons. The maximum Gasteiger partial charge on any atom is 0.222 e. The first-order valence-corrected chi connectivity index (χ1v) is 7.64. The molecule has 1 aromatic heterocycles. The van der Waals surface area contributed by atoms with E-state index in [4.69, 9.17) is 4.52 Å². The summed E-state index contributed by atoms with van der Waals surface area (Å²) in [5.41, 5.74) is 2.08. The van der Waals surface area contributed by atoms with E-state index < -0.39 is 0 Å². The van der Waals surface area contributed by atoms with Gasteiger partial charge in [-0.15, -0.1) is 0 Å². The number of aliphatic imine (C=N–C) groups is 1. The van der Waals surface area contributed by atoms with Crippen LogP contribution < -0.4 is 10.6 Å². The number of amides is 1. The Labute approximate surface area is 131 Å². The Balaban J connectivity index is 1.79. The van der Waals surface area contributed by atoms with Gasteiger partial charge in [-0.1, -0.05) is 5.16 Å². The second kappa shape index (κ2) is 7.29. The number of nitrogens with one attached hydrogen (secondary N) is 2. The zero-order valence-corrected chi connectivity index (χ0v) is 13.8. The summed E-state index contributed by atoms with van der Waals surface area (Å²) < 4.78 is 5.16. The summed E-state index contributed by atoms with van der Waals surface area (Å²) in [4.78, 5) is 17.5. The maximum atomic E-state index is 11.5. The highest BCUT2D eigenvalue weighted by Gasteiger charge is 2.23. The van der Waals surface area contributed by atoms with E-state index in [1.807, 2.05) is 20.9 Å². The molecule has 2 N–H and O–H groups in total. The Morgan fingerprint density at radius 1 is 1.50 bits per heavy atom. The van der Waals surface area contributed by atoms with Gasteiger partial charge in [0.15, 0.2) is 5.96 Å². The average molecular weight is 307 g/mol. The fourth-order valence-corrected chi connectivity index (χ4v) is 2.68. The first-order chi connectivity index (χ1) is 10.5. The largest absolute Gasteiger partial charge is 0.361 e. The van der Waals surface area contributed by atoms with E-state index in [1.54, 1.807) is 11.9 Å². The third-order valence-corrected chi connectivity index (χ3v) is 4.04. The summed E-state index contributed by atoms with van der Waals surface area (Å²) in [6, 6.07) is 0.243. The van der Waals surface area contributed by atoms with Gasteiger partial charge in [-0.05, 0) is 26.7 Å². The van der Waals surface area contributed by atoms with E-state index in [0.29, 0.717) is 13.0 Å². The van der Waals surface area contributed by atoms with Crippen LogP contribution in [0.4, 0.5) is 0 Å². The molecular formula is C15H25N5O2. The van der Waals surface area contributed by atoms with Crippen LogP contribution in [0.1, 0.15) is 29.9 Å². The number of aromatic nitrogens is 1. The van der Waals surface area contributed by atoms with Crippen LogP contribution in [0.15, 0.2) is 9.52 Å². The minimum atomic E-state index is 0.208. The summed E-state index contributed by atoms with van der Waals surface area (Å²) in [5, 5.41) is 10.6. The number of carbonyl (C=O) groups excluding carboxylic acids is 1. The predicted molar refractivity (Wildman–Crippen MR) is 84.8 cm³/mol. The lowest BCUT2D eigenvalue weighted by Gasteiger charge is -2.31. The van der Waals surface area contributed by atoms with E-state index in [2.05, 4.69) is 20.8 Å². The second-order valence-electron chi connectivity index (χ2n) is 5.71. The zero-order valence-electron chi connectivity index (χ0n) is 13.8. The molecule has 1 amide bonds. The van der Waals surface area contributed by atoms with Gasteiger partial charge in [-0.3, -0.25) is 9.79 Å². The van der Waals surface area contributed by atoms with Crippen LogP contribution in [0.2, 0.25) is 0 Å². The second-order valence-corrected chi connectivity index (χ2v) is 5.71. The Morgan fingerprint density at radius 2 is 2.27 bits per heavy atom. The van der Waals surface area contributed by atoms with Crippen molar-refractivity contribution >= 4 is 11.9 Å². The molecule has 1 unspecified atom stereocenters. The molecule has 22 heavy (non-hydrogen) atoms. The minimum Gasteiger partial charge on any atom is -0.361 e. The molecule has 0 saturated carbocycles. The molecule has 2 rings (SSSR count). The monoisotopic (exact) mass is 307 g/mol. The molecule has 0 spiro atoms. The molecule has 1 fully saturated rings. The molecule has 0 radical (unpaired) electrons. The standard InChI is InChI=1S/C15H25N5O2/c1-10-13(11(2)22-19-10)7-8-17-15(16-3)18-12-5-6-14(21)20(4)9-12/h12H,5-9H2,1-4H3,(H2,16,17,18).